The third kappa shape index (κ3) is 2.60. The first-order valence-corrected chi connectivity index (χ1v) is 7.01. The summed E-state index contributed by atoms with van der Waals surface area (Å²) in [5, 5.41) is 3.01. The molecule has 0 aliphatic carbocycles. The van der Waals surface area contributed by atoms with Crippen LogP contribution in [0.4, 0.5) is 18.9 Å². The normalized spacial score (nSPS) is 29.8. The number of hydrogen-bond acceptors (Lipinski definition) is 2. The van der Waals surface area contributed by atoms with E-state index in [0.29, 0.717) is 4.47 Å². The van der Waals surface area contributed by atoms with E-state index in [0.717, 1.165) is 25.3 Å². The van der Waals surface area contributed by atoms with Crippen molar-refractivity contribution in [2.75, 3.05) is 5.32 Å². The van der Waals surface area contributed by atoms with Gasteiger partial charge in [-0.15, -0.1) is 0 Å². The summed E-state index contributed by atoms with van der Waals surface area (Å²) < 4.78 is 45.2. The van der Waals surface area contributed by atoms with Crippen LogP contribution in [0.15, 0.2) is 22.7 Å². The van der Waals surface area contributed by atoms with Gasteiger partial charge in [-0.1, -0.05) is 15.9 Å². The SMILES string of the molecule is FC(F)(F)c1ccc(Br)cc1NC1CC2CCC1O2. The molecular weight excluding hydrogens is 323 g/mol. The van der Waals surface area contributed by atoms with Gasteiger partial charge in [-0.25, -0.2) is 0 Å². The lowest BCUT2D eigenvalue weighted by Crippen LogP contribution is -2.31. The van der Waals surface area contributed by atoms with Crippen LogP contribution in [0.1, 0.15) is 24.8 Å². The summed E-state index contributed by atoms with van der Waals surface area (Å²) in [6.07, 6.45) is -1.35. The number of anilines is 1. The molecule has 0 amide bonds. The van der Waals surface area contributed by atoms with E-state index in [2.05, 4.69) is 21.2 Å². The van der Waals surface area contributed by atoms with Crippen LogP contribution in [0.2, 0.25) is 0 Å². The lowest BCUT2D eigenvalue weighted by molar-refractivity contribution is -0.137. The van der Waals surface area contributed by atoms with Crippen molar-refractivity contribution >= 4 is 21.6 Å². The van der Waals surface area contributed by atoms with Gasteiger partial charge < -0.3 is 10.1 Å². The van der Waals surface area contributed by atoms with Crippen LogP contribution in [0.25, 0.3) is 0 Å². The maximum Gasteiger partial charge on any atom is 0.418 e. The second kappa shape index (κ2) is 4.66. The molecule has 3 atom stereocenters. The van der Waals surface area contributed by atoms with Crippen LogP contribution in [-0.4, -0.2) is 18.2 Å². The molecule has 2 aliphatic rings. The average Bonchev–Trinajstić information content (AvgIpc) is 2.89. The highest BCUT2D eigenvalue weighted by atomic mass is 79.9. The van der Waals surface area contributed by atoms with E-state index in [-0.39, 0.29) is 23.9 Å². The minimum absolute atomic E-state index is 0.0193. The number of fused-ring (bicyclic) bond motifs is 2. The Kier molecular flexibility index (Phi) is 3.25. The van der Waals surface area contributed by atoms with Crippen LogP contribution in [-0.2, 0) is 10.9 Å². The van der Waals surface area contributed by atoms with Gasteiger partial charge in [-0.2, -0.15) is 13.2 Å². The van der Waals surface area contributed by atoms with Gasteiger partial charge in [0.25, 0.3) is 0 Å². The zero-order chi connectivity index (χ0) is 13.6. The second-order valence-electron chi connectivity index (χ2n) is 5.05. The summed E-state index contributed by atoms with van der Waals surface area (Å²) in [6.45, 7) is 0. The fourth-order valence-corrected chi connectivity index (χ4v) is 3.23. The van der Waals surface area contributed by atoms with Gasteiger partial charge in [-0.05, 0) is 37.5 Å². The van der Waals surface area contributed by atoms with Crippen LogP contribution in [0.3, 0.4) is 0 Å². The predicted octanol–water partition coefficient (Wildman–Crippen LogP) is 4.20. The fourth-order valence-electron chi connectivity index (χ4n) is 2.87. The molecule has 6 heteroatoms. The minimum Gasteiger partial charge on any atom is -0.379 e. The van der Waals surface area contributed by atoms with Crippen LogP contribution in [0, 0.1) is 0 Å². The molecule has 0 radical (unpaired) electrons. The van der Waals surface area contributed by atoms with Crippen LogP contribution < -0.4 is 5.32 Å². The van der Waals surface area contributed by atoms with Crippen molar-refractivity contribution < 1.29 is 17.9 Å². The number of ether oxygens (including phenoxy) is 1. The molecule has 3 unspecified atom stereocenters. The van der Waals surface area contributed by atoms with Crippen molar-refractivity contribution in [2.24, 2.45) is 0 Å². The molecule has 1 aromatic rings. The van der Waals surface area contributed by atoms with E-state index in [4.69, 9.17) is 4.74 Å². The largest absolute Gasteiger partial charge is 0.418 e. The Morgan fingerprint density at radius 3 is 2.63 bits per heavy atom. The standard InChI is InChI=1S/C13H13BrF3NO/c14-7-1-3-9(13(15,16)17)10(5-7)18-11-6-8-2-4-12(11)19-8/h1,3,5,8,11-12,18H,2,4,6H2. The highest BCUT2D eigenvalue weighted by molar-refractivity contribution is 9.10. The van der Waals surface area contributed by atoms with Crippen LogP contribution >= 0.6 is 15.9 Å². The molecule has 2 heterocycles. The van der Waals surface area contributed by atoms with Crippen LogP contribution in [0.5, 0.6) is 0 Å². The number of alkyl halides is 3. The quantitative estimate of drug-likeness (QED) is 0.874. The smallest absolute Gasteiger partial charge is 0.379 e. The van der Waals surface area contributed by atoms with E-state index >= 15 is 0 Å². The average molecular weight is 336 g/mol. The minimum atomic E-state index is -4.35. The second-order valence-corrected chi connectivity index (χ2v) is 5.96. The summed E-state index contributed by atoms with van der Waals surface area (Å²) in [5.41, 5.74) is -0.499. The molecule has 2 nitrogen and oxygen atoms in total. The molecule has 1 N–H and O–H groups in total. The van der Waals surface area contributed by atoms with E-state index < -0.39 is 11.7 Å². The molecule has 2 fully saturated rings. The molecule has 2 bridgehead atoms. The number of nitrogens with one attached hydrogen (secondary N) is 1. The Balaban J connectivity index is 1.85. The van der Waals surface area contributed by atoms with E-state index in [1.54, 1.807) is 0 Å². The lowest BCUT2D eigenvalue weighted by atomic mass is 9.95. The van der Waals surface area contributed by atoms with Gasteiger partial charge in [0.1, 0.15) is 0 Å². The molecule has 2 aliphatic heterocycles. The summed E-state index contributed by atoms with van der Waals surface area (Å²) in [6, 6.07) is 3.97. The van der Waals surface area contributed by atoms with Crippen molar-refractivity contribution in [3.8, 4) is 0 Å². The Morgan fingerprint density at radius 1 is 1.26 bits per heavy atom. The van der Waals surface area contributed by atoms with E-state index in [9.17, 15) is 13.2 Å². The Bertz CT molecular complexity index is 491. The van der Waals surface area contributed by atoms with Gasteiger partial charge >= 0.3 is 6.18 Å². The molecule has 0 aromatic heterocycles. The van der Waals surface area contributed by atoms with E-state index in [1.165, 1.54) is 12.1 Å². The topological polar surface area (TPSA) is 21.3 Å². The number of rotatable bonds is 2. The molecule has 19 heavy (non-hydrogen) atoms. The first-order valence-electron chi connectivity index (χ1n) is 6.22. The third-order valence-electron chi connectivity index (χ3n) is 3.73. The van der Waals surface area contributed by atoms with Crippen molar-refractivity contribution in [1.82, 2.24) is 0 Å². The van der Waals surface area contributed by atoms with E-state index in [1.807, 2.05) is 0 Å². The number of benzene rings is 1. The summed E-state index contributed by atoms with van der Waals surface area (Å²) >= 11 is 3.21. The van der Waals surface area contributed by atoms with Gasteiger partial charge in [-0.3, -0.25) is 0 Å². The van der Waals surface area contributed by atoms with Gasteiger partial charge in [0.2, 0.25) is 0 Å². The highest BCUT2D eigenvalue weighted by Crippen LogP contribution is 2.40. The molecule has 2 saturated heterocycles. The van der Waals surface area contributed by atoms with Gasteiger partial charge in [0.05, 0.1) is 23.8 Å². The zero-order valence-corrected chi connectivity index (χ0v) is 11.6. The summed E-state index contributed by atoms with van der Waals surface area (Å²) in [7, 11) is 0. The Hall–Kier alpha value is -0.750. The maximum absolute atomic E-state index is 13.0. The number of hydrogen-bond donors (Lipinski definition) is 1. The van der Waals surface area contributed by atoms with Crippen molar-refractivity contribution in [3.63, 3.8) is 0 Å². The first-order chi connectivity index (χ1) is 8.93. The number of halogens is 4. The molecule has 104 valence electrons. The zero-order valence-electron chi connectivity index (χ0n) is 10.0. The van der Waals surface area contributed by atoms with Crippen molar-refractivity contribution in [1.29, 1.82) is 0 Å². The molecule has 3 rings (SSSR count). The van der Waals surface area contributed by atoms with Gasteiger partial charge in [0, 0.05) is 10.2 Å². The maximum atomic E-state index is 13.0. The lowest BCUT2D eigenvalue weighted by Gasteiger charge is -2.23. The Morgan fingerprint density at radius 2 is 2.05 bits per heavy atom. The molecule has 0 saturated carbocycles. The Labute approximate surface area is 117 Å². The van der Waals surface area contributed by atoms with Crippen molar-refractivity contribution in [3.05, 3.63) is 28.2 Å². The van der Waals surface area contributed by atoms with Gasteiger partial charge in [0.15, 0.2) is 0 Å². The third-order valence-corrected chi connectivity index (χ3v) is 4.23. The monoisotopic (exact) mass is 335 g/mol. The first kappa shape index (κ1) is 13.2. The van der Waals surface area contributed by atoms with Crippen molar-refractivity contribution in [2.45, 2.75) is 43.7 Å². The summed E-state index contributed by atoms with van der Waals surface area (Å²) in [5.74, 6) is 0. The highest BCUT2D eigenvalue weighted by Gasteiger charge is 2.42. The fraction of sp³-hybridized carbons (Fsp3) is 0.538. The predicted molar refractivity (Wildman–Crippen MR) is 69.1 cm³/mol. The summed E-state index contributed by atoms with van der Waals surface area (Å²) in [4.78, 5) is 0. The molecule has 0 spiro atoms. The molecule has 1 aromatic carbocycles. The molecular formula is C13H13BrF3NO.